The van der Waals surface area contributed by atoms with Gasteiger partial charge in [0.15, 0.2) is 0 Å². The predicted octanol–water partition coefficient (Wildman–Crippen LogP) is 2.41. The molecule has 2 atom stereocenters. The Labute approximate surface area is 136 Å². The van der Waals surface area contributed by atoms with Gasteiger partial charge in [0, 0.05) is 24.7 Å². The third kappa shape index (κ3) is 4.68. The van der Waals surface area contributed by atoms with Gasteiger partial charge in [-0.25, -0.2) is 9.18 Å². The molecule has 0 spiro atoms. The summed E-state index contributed by atoms with van der Waals surface area (Å²) >= 11 is 0. The number of amides is 3. The smallest absolute Gasteiger partial charge is 0.315 e. The van der Waals surface area contributed by atoms with Crippen LogP contribution in [0.3, 0.4) is 0 Å². The van der Waals surface area contributed by atoms with Crippen LogP contribution in [0.5, 0.6) is 0 Å². The molecule has 5 nitrogen and oxygen atoms in total. The minimum atomic E-state index is -0.601. The van der Waals surface area contributed by atoms with Crippen LogP contribution >= 0.6 is 0 Å². The number of hydrogen-bond donors (Lipinski definition) is 2. The topological polar surface area (TPSA) is 61.4 Å². The number of nitrogens with zero attached hydrogens (tertiary/aromatic N) is 1. The van der Waals surface area contributed by atoms with E-state index >= 15 is 0 Å². The first-order valence-corrected chi connectivity index (χ1v) is 8.07. The van der Waals surface area contributed by atoms with Crippen molar-refractivity contribution in [2.24, 2.45) is 0 Å². The Hall–Kier alpha value is -2.11. The van der Waals surface area contributed by atoms with Crippen LogP contribution in [-0.2, 0) is 11.3 Å². The van der Waals surface area contributed by atoms with Gasteiger partial charge in [-0.3, -0.25) is 4.79 Å². The van der Waals surface area contributed by atoms with Crippen molar-refractivity contribution in [3.63, 3.8) is 0 Å². The van der Waals surface area contributed by atoms with Gasteiger partial charge in [0.1, 0.15) is 11.9 Å². The standard InChI is InChI=1S/C17H24FN3O2/c1-12-7-5-6-10-21(12)16(22)13(2)20-17(23)19-11-14-8-3-4-9-15(14)18/h3-4,8-9,12-13H,5-7,10-11H2,1-2H3,(H2,19,20,23)/t12-,13-/m1/s1. The van der Waals surface area contributed by atoms with Crippen LogP contribution in [0, 0.1) is 5.82 Å². The third-order valence-corrected chi connectivity index (χ3v) is 4.20. The first-order chi connectivity index (χ1) is 11.0. The van der Waals surface area contributed by atoms with Gasteiger partial charge in [-0.2, -0.15) is 0 Å². The number of benzene rings is 1. The normalized spacial score (nSPS) is 19.1. The summed E-state index contributed by atoms with van der Waals surface area (Å²) in [6.45, 7) is 4.52. The van der Waals surface area contributed by atoms with E-state index < -0.39 is 12.1 Å². The van der Waals surface area contributed by atoms with E-state index in [2.05, 4.69) is 10.6 Å². The van der Waals surface area contributed by atoms with Crippen molar-refractivity contribution in [3.05, 3.63) is 35.6 Å². The second-order valence-electron chi connectivity index (χ2n) is 6.02. The zero-order valence-electron chi connectivity index (χ0n) is 13.6. The molecule has 2 N–H and O–H groups in total. The molecule has 3 amide bonds. The molecule has 0 aliphatic carbocycles. The zero-order chi connectivity index (χ0) is 16.8. The Balaban J connectivity index is 1.82. The molecule has 1 aromatic carbocycles. The number of piperidine rings is 1. The first-order valence-electron chi connectivity index (χ1n) is 8.07. The molecular formula is C17H24FN3O2. The molecule has 1 saturated heterocycles. The highest BCUT2D eigenvalue weighted by Gasteiger charge is 2.27. The SMILES string of the molecule is C[C@@H]1CCCCN1C(=O)[C@@H](C)NC(=O)NCc1ccccc1F. The molecule has 1 fully saturated rings. The zero-order valence-corrected chi connectivity index (χ0v) is 13.6. The summed E-state index contributed by atoms with van der Waals surface area (Å²) < 4.78 is 13.5. The minimum Gasteiger partial charge on any atom is -0.338 e. The van der Waals surface area contributed by atoms with Gasteiger partial charge in [-0.05, 0) is 39.2 Å². The maximum Gasteiger partial charge on any atom is 0.315 e. The number of hydrogen-bond acceptors (Lipinski definition) is 2. The highest BCUT2D eigenvalue weighted by molar-refractivity contribution is 5.87. The van der Waals surface area contributed by atoms with Crippen molar-refractivity contribution in [2.45, 2.75) is 51.7 Å². The highest BCUT2D eigenvalue weighted by Crippen LogP contribution is 2.17. The average molecular weight is 321 g/mol. The van der Waals surface area contributed by atoms with Crippen molar-refractivity contribution in [3.8, 4) is 0 Å². The molecule has 0 bridgehead atoms. The van der Waals surface area contributed by atoms with Crippen LogP contribution in [0.2, 0.25) is 0 Å². The fraction of sp³-hybridized carbons (Fsp3) is 0.529. The molecule has 1 aromatic rings. The van der Waals surface area contributed by atoms with Gasteiger partial charge in [-0.15, -0.1) is 0 Å². The third-order valence-electron chi connectivity index (χ3n) is 4.20. The van der Waals surface area contributed by atoms with Gasteiger partial charge in [0.05, 0.1) is 0 Å². The number of rotatable bonds is 4. The average Bonchev–Trinajstić information content (AvgIpc) is 2.54. The Bertz CT molecular complexity index is 565. The first kappa shape index (κ1) is 17.2. The van der Waals surface area contributed by atoms with E-state index in [4.69, 9.17) is 0 Å². The lowest BCUT2D eigenvalue weighted by Gasteiger charge is -2.35. The van der Waals surface area contributed by atoms with Gasteiger partial charge >= 0.3 is 6.03 Å². The van der Waals surface area contributed by atoms with E-state index in [1.807, 2.05) is 11.8 Å². The lowest BCUT2D eigenvalue weighted by atomic mass is 10.0. The maximum absolute atomic E-state index is 13.5. The number of carbonyl (C=O) groups excluding carboxylic acids is 2. The van der Waals surface area contributed by atoms with Crippen LogP contribution in [0.15, 0.2) is 24.3 Å². The summed E-state index contributed by atoms with van der Waals surface area (Å²) in [6.07, 6.45) is 3.14. The molecule has 6 heteroatoms. The summed E-state index contributed by atoms with van der Waals surface area (Å²) in [4.78, 5) is 26.1. The highest BCUT2D eigenvalue weighted by atomic mass is 19.1. The minimum absolute atomic E-state index is 0.0711. The van der Waals surface area contributed by atoms with Gasteiger partial charge < -0.3 is 15.5 Å². The number of likely N-dealkylation sites (tertiary alicyclic amines) is 1. The van der Waals surface area contributed by atoms with Crippen LogP contribution < -0.4 is 10.6 Å². The second-order valence-corrected chi connectivity index (χ2v) is 6.02. The fourth-order valence-corrected chi connectivity index (χ4v) is 2.80. The summed E-state index contributed by atoms with van der Waals surface area (Å²) in [5.41, 5.74) is 0.409. The molecule has 126 valence electrons. The molecular weight excluding hydrogens is 297 g/mol. The van der Waals surface area contributed by atoms with E-state index in [0.717, 1.165) is 25.8 Å². The molecule has 2 rings (SSSR count). The largest absolute Gasteiger partial charge is 0.338 e. The molecule has 0 saturated carbocycles. The number of halogens is 1. The number of carbonyl (C=O) groups is 2. The molecule has 1 aliphatic rings. The Morgan fingerprint density at radius 3 is 2.78 bits per heavy atom. The summed E-state index contributed by atoms with van der Waals surface area (Å²) in [6, 6.07) is 5.40. The Morgan fingerprint density at radius 2 is 2.09 bits per heavy atom. The number of urea groups is 1. The fourth-order valence-electron chi connectivity index (χ4n) is 2.80. The monoisotopic (exact) mass is 321 g/mol. The van der Waals surface area contributed by atoms with E-state index in [9.17, 15) is 14.0 Å². The van der Waals surface area contributed by atoms with Crippen LogP contribution in [0.25, 0.3) is 0 Å². The molecule has 1 aliphatic heterocycles. The van der Waals surface area contributed by atoms with Crippen molar-refractivity contribution < 1.29 is 14.0 Å². The predicted molar refractivity (Wildman–Crippen MR) is 86.3 cm³/mol. The van der Waals surface area contributed by atoms with Crippen molar-refractivity contribution in [1.29, 1.82) is 0 Å². The quantitative estimate of drug-likeness (QED) is 0.894. The van der Waals surface area contributed by atoms with E-state index in [1.54, 1.807) is 25.1 Å². The molecule has 0 unspecified atom stereocenters. The van der Waals surface area contributed by atoms with Crippen molar-refractivity contribution in [2.75, 3.05) is 6.54 Å². The van der Waals surface area contributed by atoms with E-state index in [-0.39, 0.29) is 24.3 Å². The van der Waals surface area contributed by atoms with Crippen molar-refractivity contribution >= 4 is 11.9 Å². The van der Waals surface area contributed by atoms with Crippen molar-refractivity contribution in [1.82, 2.24) is 15.5 Å². The Kier molecular flexibility index (Phi) is 5.96. The van der Waals surface area contributed by atoms with Crippen LogP contribution in [0.4, 0.5) is 9.18 Å². The Morgan fingerprint density at radius 1 is 1.35 bits per heavy atom. The lowest BCUT2D eigenvalue weighted by Crippen LogP contribution is -2.53. The van der Waals surface area contributed by atoms with Gasteiger partial charge in [0.25, 0.3) is 0 Å². The lowest BCUT2D eigenvalue weighted by molar-refractivity contribution is -0.136. The summed E-state index contributed by atoms with van der Waals surface area (Å²) in [5.74, 6) is -0.433. The van der Waals surface area contributed by atoms with E-state index in [1.165, 1.54) is 6.07 Å². The van der Waals surface area contributed by atoms with Gasteiger partial charge in [-0.1, -0.05) is 18.2 Å². The molecule has 23 heavy (non-hydrogen) atoms. The molecule has 0 radical (unpaired) electrons. The van der Waals surface area contributed by atoms with Gasteiger partial charge in [0.2, 0.25) is 5.91 Å². The second kappa shape index (κ2) is 7.94. The maximum atomic E-state index is 13.5. The van der Waals surface area contributed by atoms with Crippen LogP contribution in [-0.4, -0.2) is 35.5 Å². The molecule has 0 aromatic heterocycles. The van der Waals surface area contributed by atoms with Crippen LogP contribution in [0.1, 0.15) is 38.7 Å². The van der Waals surface area contributed by atoms with E-state index in [0.29, 0.717) is 5.56 Å². The summed E-state index contributed by atoms with van der Waals surface area (Å²) in [5, 5.41) is 5.20. The summed E-state index contributed by atoms with van der Waals surface area (Å²) in [7, 11) is 0. The number of nitrogens with one attached hydrogen (secondary N) is 2. The molecule has 1 heterocycles.